The van der Waals surface area contributed by atoms with Gasteiger partial charge < -0.3 is 19.9 Å². The molecule has 1 saturated heterocycles. The van der Waals surface area contributed by atoms with E-state index in [0.717, 1.165) is 21.8 Å². The number of carbonyl (C=O) groups is 2. The molecule has 0 aliphatic carbocycles. The Morgan fingerprint density at radius 3 is 2.27 bits per heavy atom. The second kappa shape index (κ2) is 9.71. The molecule has 30 heavy (non-hydrogen) atoms. The lowest BCUT2D eigenvalue weighted by molar-refractivity contribution is -0.895. The highest BCUT2D eigenvalue weighted by atomic mass is 19.1. The van der Waals surface area contributed by atoms with Crippen molar-refractivity contribution in [3.05, 3.63) is 58.9 Å². The molecular formula is C23H29FN3O3+. The molecule has 1 fully saturated rings. The van der Waals surface area contributed by atoms with E-state index in [1.54, 1.807) is 4.90 Å². The van der Waals surface area contributed by atoms with Crippen molar-refractivity contribution in [3.63, 3.8) is 0 Å². The second-order valence-corrected chi connectivity index (χ2v) is 7.88. The Morgan fingerprint density at radius 1 is 1.07 bits per heavy atom. The molecule has 2 aromatic carbocycles. The standard InChI is InChI=1S/C23H28FN3O3/c1-16-12-17(2)23(18(3)13-16)30-15-22(29)27-10-8-26(9-11-27)14-21(28)25-20-6-4-19(24)5-7-20/h4-7,12-13H,8-11,14-15H2,1-3H3,(H,25,28)/p+1. The van der Waals surface area contributed by atoms with Crippen molar-refractivity contribution in [2.45, 2.75) is 20.8 Å². The van der Waals surface area contributed by atoms with Crippen LogP contribution in [-0.4, -0.2) is 56.0 Å². The van der Waals surface area contributed by atoms with Gasteiger partial charge in [0, 0.05) is 5.69 Å². The van der Waals surface area contributed by atoms with E-state index in [4.69, 9.17) is 4.74 Å². The number of halogens is 1. The lowest BCUT2D eigenvalue weighted by Crippen LogP contribution is -3.15. The van der Waals surface area contributed by atoms with Gasteiger partial charge in [-0.3, -0.25) is 9.59 Å². The van der Waals surface area contributed by atoms with Crippen LogP contribution < -0.4 is 15.0 Å². The van der Waals surface area contributed by atoms with Crippen molar-refractivity contribution >= 4 is 17.5 Å². The number of benzene rings is 2. The van der Waals surface area contributed by atoms with Crippen LogP contribution in [0.25, 0.3) is 0 Å². The minimum Gasteiger partial charge on any atom is -0.483 e. The van der Waals surface area contributed by atoms with Gasteiger partial charge in [0.15, 0.2) is 13.2 Å². The maximum Gasteiger partial charge on any atom is 0.279 e. The van der Waals surface area contributed by atoms with Gasteiger partial charge >= 0.3 is 0 Å². The van der Waals surface area contributed by atoms with Crippen LogP contribution in [0.15, 0.2) is 36.4 Å². The van der Waals surface area contributed by atoms with E-state index in [1.165, 1.54) is 29.8 Å². The van der Waals surface area contributed by atoms with Gasteiger partial charge in [0.2, 0.25) is 0 Å². The molecule has 1 aliphatic rings. The number of nitrogens with one attached hydrogen (secondary N) is 2. The lowest BCUT2D eigenvalue weighted by atomic mass is 10.1. The molecule has 2 aromatic rings. The fourth-order valence-corrected chi connectivity index (χ4v) is 3.83. The molecule has 0 saturated carbocycles. The first-order valence-corrected chi connectivity index (χ1v) is 10.2. The van der Waals surface area contributed by atoms with Crippen LogP contribution >= 0.6 is 0 Å². The van der Waals surface area contributed by atoms with E-state index in [0.29, 0.717) is 38.4 Å². The van der Waals surface area contributed by atoms with Crippen LogP contribution in [0, 0.1) is 26.6 Å². The van der Waals surface area contributed by atoms with Gasteiger partial charge in [0.1, 0.15) is 11.6 Å². The number of rotatable bonds is 6. The van der Waals surface area contributed by atoms with Gasteiger partial charge in [-0.2, -0.15) is 0 Å². The number of hydrogen-bond acceptors (Lipinski definition) is 3. The highest BCUT2D eigenvalue weighted by Crippen LogP contribution is 2.24. The average Bonchev–Trinajstić information content (AvgIpc) is 2.69. The normalized spacial score (nSPS) is 14.5. The summed E-state index contributed by atoms with van der Waals surface area (Å²) in [5, 5.41) is 2.78. The molecular weight excluding hydrogens is 385 g/mol. The monoisotopic (exact) mass is 414 g/mol. The van der Waals surface area contributed by atoms with Crippen molar-refractivity contribution in [2.75, 3.05) is 44.6 Å². The molecule has 0 bridgehead atoms. The number of nitrogens with zero attached hydrogens (tertiary/aromatic N) is 1. The molecule has 1 heterocycles. The summed E-state index contributed by atoms with van der Waals surface area (Å²) < 4.78 is 18.8. The van der Waals surface area contributed by atoms with Crippen LogP contribution in [0.5, 0.6) is 5.75 Å². The highest BCUT2D eigenvalue weighted by molar-refractivity contribution is 5.91. The van der Waals surface area contributed by atoms with E-state index in [2.05, 4.69) is 5.32 Å². The lowest BCUT2D eigenvalue weighted by Gasteiger charge is -2.32. The van der Waals surface area contributed by atoms with Crippen molar-refractivity contribution in [1.82, 2.24) is 4.90 Å². The van der Waals surface area contributed by atoms with Crippen molar-refractivity contribution in [2.24, 2.45) is 0 Å². The number of piperazine rings is 1. The minimum atomic E-state index is -0.337. The maximum absolute atomic E-state index is 12.9. The summed E-state index contributed by atoms with van der Waals surface area (Å²) in [6, 6.07) is 9.80. The van der Waals surface area contributed by atoms with Crippen LogP contribution in [-0.2, 0) is 9.59 Å². The van der Waals surface area contributed by atoms with Crippen molar-refractivity contribution in [3.8, 4) is 5.75 Å². The third-order valence-corrected chi connectivity index (χ3v) is 5.31. The molecule has 160 valence electrons. The maximum atomic E-state index is 12.9. The molecule has 3 rings (SSSR count). The largest absolute Gasteiger partial charge is 0.483 e. The Bertz CT molecular complexity index is 883. The van der Waals surface area contributed by atoms with E-state index in [9.17, 15) is 14.0 Å². The zero-order valence-electron chi connectivity index (χ0n) is 17.8. The number of carbonyl (C=O) groups excluding carboxylic acids is 2. The van der Waals surface area contributed by atoms with Gasteiger partial charge in [-0.25, -0.2) is 4.39 Å². The average molecular weight is 415 g/mol. The summed E-state index contributed by atoms with van der Waals surface area (Å²) in [6.07, 6.45) is 0. The fraction of sp³-hybridized carbons (Fsp3) is 0.391. The molecule has 0 aromatic heterocycles. The Kier molecular flexibility index (Phi) is 7.05. The molecule has 0 atom stereocenters. The van der Waals surface area contributed by atoms with E-state index >= 15 is 0 Å². The molecule has 0 radical (unpaired) electrons. The van der Waals surface area contributed by atoms with Gasteiger partial charge in [0.05, 0.1) is 26.2 Å². The van der Waals surface area contributed by atoms with Gasteiger partial charge in [0.25, 0.3) is 11.8 Å². The number of anilines is 1. The first kappa shape index (κ1) is 21.8. The van der Waals surface area contributed by atoms with Crippen LogP contribution in [0.4, 0.5) is 10.1 Å². The summed E-state index contributed by atoms with van der Waals surface area (Å²) >= 11 is 0. The molecule has 0 spiro atoms. The Hall–Kier alpha value is -2.93. The smallest absolute Gasteiger partial charge is 0.279 e. The second-order valence-electron chi connectivity index (χ2n) is 7.88. The molecule has 7 heteroatoms. The zero-order valence-corrected chi connectivity index (χ0v) is 17.8. The molecule has 1 aliphatic heterocycles. The summed E-state index contributed by atoms with van der Waals surface area (Å²) in [7, 11) is 0. The van der Waals surface area contributed by atoms with Gasteiger partial charge in [-0.05, 0) is 56.2 Å². The third kappa shape index (κ3) is 5.79. The Morgan fingerprint density at radius 2 is 1.67 bits per heavy atom. The number of quaternary nitrogens is 1. The third-order valence-electron chi connectivity index (χ3n) is 5.31. The number of amides is 2. The van der Waals surface area contributed by atoms with E-state index in [-0.39, 0.29) is 24.2 Å². The summed E-state index contributed by atoms with van der Waals surface area (Å²) in [4.78, 5) is 27.6. The fourth-order valence-electron chi connectivity index (χ4n) is 3.83. The van der Waals surface area contributed by atoms with Gasteiger partial charge in [-0.1, -0.05) is 17.7 Å². The SMILES string of the molecule is Cc1cc(C)c(OCC(=O)N2CC[NH+](CC(=O)Nc3ccc(F)cc3)CC2)c(C)c1. The Balaban J connectivity index is 1.43. The first-order chi connectivity index (χ1) is 14.3. The minimum absolute atomic E-state index is 0.0190. The number of ether oxygens (including phenoxy) is 1. The van der Waals surface area contributed by atoms with Crippen molar-refractivity contribution < 1.29 is 23.6 Å². The Labute approximate surface area is 176 Å². The van der Waals surface area contributed by atoms with Crippen LogP contribution in [0.1, 0.15) is 16.7 Å². The number of hydrogen-bond donors (Lipinski definition) is 2. The zero-order chi connectivity index (χ0) is 21.7. The first-order valence-electron chi connectivity index (χ1n) is 10.2. The van der Waals surface area contributed by atoms with Crippen LogP contribution in [0.3, 0.4) is 0 Å². The van der Waals surface area contributed by atoms with E-state index in [1.807, 2.05) is 32.9 Å². The summed E-state index contributed by atoms with van der Waals surface area (Å²) in [5.74, 6) is 0.279. The van der Waals surface area contributed by atoms with Gasteiger partial charge in [-0.15, -0.1) is 0 Å². The molecule has 2 N–H and O–H groups in total. The topological polar surface area (TPSA) is 63.1 Å². The summed E-state index contributed by atoms with van der Waals surface area (Å²) in [5.41, 5.74) is 3.81. The molecule has 6 nitrogen and oxygen atoms in total. The predicted molar refractivity (Wildman–Crippen MR) is 113 cm³/mol. The quantitative estimate of drug-likeness (QED) is 0.753. The van der Waals surface area contributed by atoms with Crippen LogP contribution in [0.2, 0.25) is 0 Å². The van der Waals surface area contributed by atoms with Crippen molar-refractivity contribution in [1.29, 1.82) is 0 Å². The summed E-state index contributed by atoms with van der Waals surface area (Å²) in [6.45, 7) is 8.92. The highest BCUT2D eigenvalue weighted by Gasteiger charge is 2.25. The van der Waals surface area contributed by atoms with E-state index < -0.39 is 0 Å². The predicted octanol–water partition coefficient (Wildman–Crippen LogP) is 1.50. The molecule has 0 unspecified atom stereocenters. The molecule has 2 amide bonds. The number of aryl methyl sites for hydroxylation is 3.